The summed E-state index contributed by atoms with van der Waals surface area (Å²) < 4.78 is 0. The quantitative estimate of drug-likeness (QED) is 0.290. The van der Waals surface area contributed by atoms with Gasteiger partial charge in [0.05, 0.1) is 4.92 Å². The molecule has 1 aromatic carbocycles. The zero-order chi connectivity index (χ0) is 19.9. The summed E-state index contributed by atoms with van der Waals surface area (Å²) in [6.45, 7) is 8.44. The van der Waals surface area contributed by atoms with Crippen LogP contribution in [0.4, 0.5) is 11.5 Å². The fraction of sp³-hybridized carbons (Fsp3) is 0.368. The van der Waals surface area contributed by atoms with Gasteiger partial charge in [0.2, 0.25) is 0 Å². The lowest BCUT2D eigenvalue weighted by Crippen LogP contribution is -2.37. The average molecular weight is 388 g/mol. The molecule has 0 unspecified atom stereocenters. The van der Waals surface area contributed by atoms with Gasteiger partial charge >= 0.3 is 0 Å². The summed E-state index contributed by atoms with van der Waals surface area (Å²) >= 11 is 5.27. The van der Waals surface area contributed by atoms with E-state index in [0.717, 1.165) is 0 Å². The number of nitro groups is 1. The van der Waals surface area contributed by atoms with Crippen molar-refractivity contribution in [1.29, 1.82) is 0 Å². The molecule has 0 atom stereocenters. The van der Waals surface area contributed by atoms with Crippen LogP contribution >= 0.6 is 12.2 Å². The molecule has 2 aromatic rings. The molecule has 2 rings (SSSR count). The molecule has 7 nitrogen and oxygen atoms in total. The van der Waals surface area contributed by atoms with Crippen molar-refractivity contribution in [2.45, 2.75) is 32.7 Å². The molecule has 0 saturated heterocycles. The van der Waals surface area contributed by atoms with E-state index in [2.05, 4.69) is 66.0 Å². The van der Waals surface area contributed by atoms with Gasteiger partial charge in [0.25, 0.3) is 5.69 Å². The highest BCUT2D eigenvalue weighted by molar-refractivity contribution is 7.80. The summed E-state index contributed by atoms with van der Waals surface area (Å²) in [7, 11) is 0. The molecule has 0 saturated carbocycles. The maximum atomic E-state index is 10.6. The minimum absolute atomic E-state index is 0.0282. The molecule has 0 radical (unpaired) electrons. The van der Waals surface area contributed by atoms with Crippen LogP contribution in [0, 0.1) is 10.1 Å². The molecule has 0 fully saturated rings. The van der Waals surface area contributed by atoms with Crippen molar-refractivity contribution < 1.29 is 4.92 Å². The molecule has 1 heterocycles. The van der Waals surface area contributed by atoms with E-state index in [1.165, 1.54) is 23.4 Å². The number of rotatable bonds is 7. The Balaban J connectivity index is 1.67. The van der Waals surface area contributed by atoms with Gasteiger partial charge in [0.15, 0.2) is 5.11 Å². The van der Waals surface area contributed by atoms with E-state index >= 15 is 0 Å². The zero-order valence-corrected chi connectivity index (χ0v) is 16.6. The fourth-order valence-electron chi connectivity index (χ4n) is 2.33. The largest absolute Gasteiger partial charge is 0.368 e. The van der Waals surface area contributed by atoms with Crippen molar-refractivity contribution in [2.75, 3.05) is 18.4 Å². The second-order valence-electron chi connectivity index (χ2n) is 7.14. The predicted molar refractivity (Wildman–Crippen MR) is 112 cm³/mol. The summed E-state index contributed by atoms with van der Waals surface area (Å²) in [4.78, 5) is 14.1. The molecule has 0 aliphatic carbocycles. The van der Waals surface area contributed by atoms with E-state index in [9.17, 15) is 10.1 Å². The molecule has 0 aliphatic rings. The second kappa shape index (κ2) is 9.27. The Morgan fingerprint density at radius 3 is 2.37 bits per heavy atom. The first kappa shape index (κ1) is 20.6. The molecule has 144 valence electrons. The number of nitrogens with one attached hydrogen (secondary N) is 3. The standard InChI is InChI=1S/C19H25N5O2S/c1-19(2,3)15-6-4-14(5-7-15)12-23-18(27)21-11-10-20-17-9-8-16(13-22-17)24(25)26/h4-9,13H,10-12H2,1-3H3,(H,20,22)(H2,21,23,27). The molecule has 3 N–H and O–H groups in total. The number of hydrogen-bond acceptors (Lipinski definition) is 5. The van der Waals surface area contributed by atoms with Crippen molar-refractivity contribution in [2.24, 2.45) is 0 Å². The van der Waals surface area contributed by atoms with E-state index in [1.54, 1.807) is 6.07 Å². The van der Waals surface area contributed by atoms with E-state index in [4.69, 9.17) is 12.2 Å². The van der Waals surface area contributed by atoms with Crippen molar-refractivity contribution in [3.05, 3.63) is 63.8 Å². The minimum Gasteiger partial charge on any atom is -0.368 e. The molecule has 27 heavy (non-hydrogen) atoms. The Morgan fingerprint density at radius 2 is 1.81 bits per heavy atom. The van der Waals surface area contributed by atoms with Crippen molar-refractivity contribution in [3.63, 3.8) is 0 Å². The first-order chi connectivity index (χ1) is 12.8. The fourth-order valence-corrected chi connectivity index (χ4v) is 2.51. The van der Waals surface area contributed by atoms with E-state index < -0.39 is 4.92 Å². The topological polar surface area (TPSA) is 92.1 Å². The third-order valence-corrected chi connectivity index (χ3v) is 4.24. The van der Waals surface area contributed by atoms with Gasteiger partial charge in [-0.3, -0.25) is 10.1 Å². The minimum atomic E-state index is -0.473. The van der Waals surface area contributed by atoms with Crippen LogP contribution in [0.2, 0.25) is 0 Å². The summed E-state index contributed by atoms with van der Waals surface area (Å²) in [5.41, 5.74) is 2.59. The lowest BCUT2D eigenvalue weighted by Gasteiger charge is -2.19. The molecular formula is C19H25N5O2S. The molecule has 0 aliphatic heterocycles. The predicted octanol–water partition coefficient (Wildman–Crippen LogP) is 3.36. The zero-order valence-electron chi connectivity index (χ0n) is 15.8. The van der Waals surface area contributed by atoms with Crippen LogP contribution in [0.1, 0.15) is 31.9 Å². The Kier molecular flexibility index (Phi) is 7.06. The van der Waals surface area contributed by atoms with Crippen LogP contribution < -0.4 is 16.0 Å². The first-order valence-electron chi connectivity index (χ1n) is 8.71. The Labute approximate surface area is 164 Å². The third-order valence-electron chi connectivity index (χ3n) is 3.95. The van der Waals surface area contributed by atoms with Gasteiger partial charge in [-0.2, -0.15) is 0 Å². The van der Waals surface area contributed by atoms with E-state index in [0.29, 0.717) is 30.6 Å². The number of anilines is 1. The maximum Gasteiger partial charge on any atom is 0.287 e. The monoisotopic (exact) mass is 387 g/mol. The van der Waals surface area contributed by atoms with Crippen LogP contribution in [0.15, 0.2) is 42.6 Å². The lowest BCUT2D eigenvalue weighted by atomic mass is 9.87. The van der Waals surface area contributed by atoms with E-state index in [-0.39, 0.29) is 11.1 Å². The molecule has 1 aromatic heterocycles. The highest BCUT2D eigenvalue weighted by Gasteiger charge is 2.12. The summed E-state index contributed by atoms with van der Waals surface area (Å²) in [6, 6.07) is 11.5. The molecule has 0 bridgehead atoms. The maximum absolute atomic E-state index is 10.6. The number of thiocarbonyl (C=S) groups is 1. The molecular weight excluding hydrogens is 362 g/mol. The molecule has 0 amide bonds. The average Bonchev–Trinajstić information content (AvgIpc) is 2.63. The van der Waals surface area contributed by atoms with Gasteiger partial charge in [-0.05, 0) is 34.8 Å². The van der Waals surface area contributed by atoms with Gasteiger partial charge in [-0.25, -0.2) is 4.98 Å². The number of aromatic nitrogens is 1. The van der Waals surface area contributed by atoms with Gasteiger partial charge in [-0.1, -0.05) is 45.0 Å². The summed E-state index contributed by atoms with van der Waals surface area (Å²) in [5.74, 6) is 0.584. The highest BCUT2D eigenvalue weighted by atomic mass is 32.1. The number of benzene rings is 1. The third kappa shape index (κ3) is 6.82. The van der Waals surface area contributed by atoms with Gasteiger partial charge in [-0.15, -0.1) is 0 Å². The van der Waals surface area contributed by atoms with Crippen LogP contribution in [-0.4, -0.2) is 28.1 Å². The van der Waals surface area contributed by atoms with Crippen molar-refractivity contribution in [1.82, 2.24) is 15.6 Å². The van der Waals surface area contributed by atoms with Gasteiger partial charge in [0.1, 0.15) is 12.0 Å². The Bertz CT molecular complexity index is 770. The van der Waals surface area contributed by atoms with Gasteiger partial charge < -0.3 is 16.0 Å². The number of hydrogen-bond donors (Lipinski definition) is 3. The highest BCUT2D eigenvalue weighted by Crippen LogP contribution is 2.22. The lowest BCUT2D eigenvalue weighted by molar-refractivity contribution is -0.385. The molecule has 8 heteroatoms. The van der Waals surface area contributed by atoms with Crippen LogP contribution in [0.3, 0.4) is 0 Å². The van der Waals surface area contributed by atoms with E-state index in [1.807, 2.05) is 0 Å². The van der Waals surface area contributed by atoms with Crippen LogP contribution in [0.5, 0.6) is 0 Å². The van der Waals surface area contributed by atoms with Crippen LogP contribution in [-0.2, 0) is 12.0 Å². The van der Waals surface area contributed by atoms with Gasteiger partial charge in [0, 0.05) is 25.7 Å². The summed E-state index contributed by atoms with van der Waals surface area (Å²) in [5, 5.41) is 20.5. The Morgan fingerprint density at radius 1 is 1.11 bits per heavy atom. The number of nitrogens with zero attached hydrogens (tertiary/aromatic N) is 2. The van der Waals surface area contributed by atoms with Crippen LogP contribution in [0.25, 0.3) is 0 Å². The SMILES string of the molecule is CC(C)(C)c1ccc(CNC(=S)NCCNc2ccc([N+](=O)[O-])cn2)cc1. The number of pyridine rings is 1. The Hall–Kier alpha value is -2.74. The normalized spacial score (nSPS) is 10.9. The second-order valence-corrected chi connectivity index (χ2v) is 7.55. The van der Waals surface area contributed by atoms with Crippen molar-refractivity contribution >= 4 is 28.8 Å². The van der Waals surface area contributed by atoms with Crippen molar-refractivity contribution in [3.8, 4) is 0 Å². The summed E-state index contributed by atoms with van der Waals surface area (Å²) in [6.07, 6.45) is 1.23. The molecule has 0 spiro atoms. The first-order valence-corrected chi connectivity index (χ1v) is 9.12. The smallest absolute Gasteiger partial charge is 0.287 e.